The third-order valence-electron chi connectivity index (χ3n) is 1.37. The molecule has 0 bridgehead atoms. The molecular formula is C7H15NO3. The molecule has 4 nitrogen and oxygen atoms in total. The first-order valence-corrected chi connectivity index (χ1v) is 3.71. The zero-order valence-electron chi connectivity index (χ0n) is 6.71. The molecule has 0 aliphatic rings. The highest BCUT2D eigenvalue weighted by Gasteiger charge is 2.07. The SMILES string of the molecule is CNCCCC(O)CC(=O)O. The van der Waals surface area contributed by atoms with E-state index in [1.165, 1.54) is 0 Å². The molecule has 0 spiro atoms. The molecule has 0 amide bonds. The summed E-state index contributed by atoms with van der Waals surface area (Å²) >= 11 is 0. The van der Waals surface area contributed by atoms with Crippen molar-refractivity contribution in [1.82, 2.24) is 5.32 Å². The highest BCUT2D eigenvalue weighted by Crippen LogP contribution is 2.00. The minimum absolute atomic E-state index is 0.149. The molecule has 1 unspecified atom stereocenters. The van der Waals surface area contributed by atoms with Crippen molar-refractivity contribution in [3.63, 3.8) is 0 Å². The number of aliphatic hydroxyl groups is 1. The third kappa shape index (κ3) is 7.29. The molecular weight excluding hydrogens is 146 g/mol. The lowest BCUT2D eigenvalue weighted by molar-refractivity contribution is -0.139. The summed E-state index contributed by atoms with van der Waals surface area (Å²) in [6.45, 7) is 0.816. The van der Waals surface area contributed by atoms with E-state index in [4.69, 9.17) is 10.2 Å². The van der Waals surface area contributed by atoms with Crippen LogP contribution < -0.4 is 5.32 Å². The smallest absolute Gasteiger partial charge is 0.305 e. The molecule has 1 atom stereocenters. The van der Waals surface area contributed by atoms with Gasteiger partial charge in [0.2, 0.25) is 0 Å². The van der Waals surface area contributed by atoms with Crippen molar-refractivity contribution < 1.29 is 15.0 Å². The topological polar surface area (TPSA) is 69.6 Å². The van der Waals surface area contributed by atoms with Gasteiger partial charge in [-0.25, -0.2) is 0 Å². The Labute approximate surface area is 66.2 Å². The lowest BCUT2D eigenvalue weighted by atomic mass is 10.1. The van der Waals surface area contributed by atoms with Crippen LogP contribution in [0.25, 0.3) is 0 Å². The van der Waals surface area contributed by atoms with Gasteiger partial charge in [-0.1, -0.05) is 0 Å². The number of nitrogens with one attached hydrogen (secondary N) is 1. The highest BCUT2D eigenvalue weighted by molar-refractivity contribution is 5.67. The van der Waals surface area contributed by atoms with Crippen LogP contribution in [-0.2, 0) is 4.79 Å². The summed E-state index contributed by atoms with van der Waals surface area (Å²) in [5.74, 6) is -0.943. The molecule has 0 saturated heterocycles. The Balaban J connectivity index is 3.22. The van der Waals surface area contributed by atoms with Gasteiger partial charge in [0.25, 0.3) is 0 Å². The van der Waals surface area contributed by atoms with Crippen LogP contribution in [0.3, 0.4) is 0 Å². The van der Waals surface area contributed by atoms with E-state index in [-0.39, 0.29) is 6.42 Å². The number of carboxylic acid groups (broad SMARTS) is 1. The number of carboxylic acids is 1. The molecule has 66 valence electrons. The minimum Gasteiger partial charge on any atom is -0.481 e. The van der Waals surface area contributed by atoms with Crippen molar-refractivity contribution >= 4 is 5.97 Å². The van der Waals surface area contributed by atoms with Crippen LogP contribution in [0.15, 0.2) is 0 Å². The summed E-state index contributed by atoms with van der Waals surface area (Å²) in [5, 5.41) is 20.2. The van der Waals surface area contributed by atoms with E-state index in [1.807, 2.05) is 7.05 Å². The quantitative estimate of drug-likeness (QED) is 0.473. The summed E-state index contributed by atoms with van der Waals surface area (Å²) in [4.78, 5) is 10.1. The van der Waals surface area contributed by atoms with Crippen molar-refractivity contribution in [3.05, 3.63) is 0 Å². The van der Waals surface area contributed by atoms with Gasteiger partial charge in [-0.15, -0.1) is 0 Å². The fraction of sp³-hybridized carbons (Fsp3) is 0.857. The highest BCUT2D eigenvalue weighted by atomic mass is 16.4. The monoisotopic (exact) mass is 161 g/mol. The molecule has 0 aromatic heterocycles. The standard InChI is InChI=1S/C7H15NO3/c1-8-4-2-3-6(9)5-7(10)11/h6,8-9H,2-5H2,1H3,(H,10,11). The summed E-state index contributed by atoms with van der Waals surface area (Å²) in [6, 6.07) is 0. The van der Waals surface area contributed by atoms with E-state index in [1.54, 1.807) is 0 Å². The lowest BCUT2D eigenvalue weighted by Crippen LogP contribution is -2.15. The third-order valence-corrected chi connectivity index (χ3v) is 1.37. The van der Waals surface area contributed by atoms with E-state index < -0.39 is 12.1 Å². The molecule has 0 heterocycles. The predicted molar refractivity (Wildman–Crippen MR) is 41.4 cm³/mol. The molecule has 0 aliphatic heterocycles. The average Bonchev–Trinajstić information content (AvgIpc) is 1.86. The largest absolute Gasteiger partial charge is 0.481 e. The molecule has 0 aromatic carbocycles. The number of aliphatic hydroxyl groups excluding tert-OH is 1. The van der Waals surface area contributed by atoms with Gasteiger partial charge in [0.15, 0.2) is 0 Å². The van der Waals surface area contributed by atoms with Gasteiger partial charge in [-0.2, -0.15) is 0 Å². The van der Waals surface area contributed by atoms with E-state index in [0.717, 1.165) is 13.0 Å². The Morgan fingerprint density at radius 2 is 2.27 bits per heavy atom. The first-order chi connectivity index (χ1) is 5.16. The first-order valence-electron chi connectivity index (χ1n) is 3.71. The summed E-state index contributed by atoms with van der Waals surface area (Å²) < 4.78 is 0. The van der Waals surface area contributed by atoms with E-state index in [9.17, 15) is 4.79 Å². The van der Waals surface area contributed by atoms with Crippen LogP contribution in [0.5, 0.6) is 0 Å². The number of hydrogen-bond donors (Lipinski definition) is 3. The second-order valence-corrected chi connectivity index (χ2v) is 2.50. The zero-order valence-corrected chi connectivity index (χ0v) is 6.71. The van der Waals surface area contributed by atoms with Crippen molar-refractivity contribution in [2.24, 2.45) is 0 Å². The molecule has 3 N–H and O–H groups in total. The van der Waals surface area contributed by atoms with Crippen LogP contribution in [-0.4, -0.2) is 35.9 Å². The summed E-state index contributed by atoms with van der Waals surface area (Å²) in [6.07, 6.45) is 0.516. The molecule has 0 aliphatic carbocycles. The van der Waals surface area contributed by atoms with Gasteiger partial charge in [0.1, 0.15) is 0 Å². The Hall–Kier alpha value is -0.610. The zero-order chi connectivity index (χ0) is 8.69. The first kappa shape index (κ1) is 10.4. The molecule has 0 fully saturated rings. The number of aliphatic carboxylic acids is 1. The Morgan fingerprint density at radius 3 is 2.73 bits per heavy atom. The van der Waals surface area contributed by atoms with Crippen molar-refractivity contribution in [1.29, 1.82) is 0 Å². The van der Waals surface area contributed by atoms with Crippen LogP contribution in [0, 0.1) is 0 Å². The average molecular weight is 161 g/mol. The van der Waals surface area contributed by atoms with Crippen LogP contribution in [0.1, 0.15) is 19.3 Å². The maximum absolute atomic E-state index is 10.1. The van der Waals surface area contributed by atoms with Gasteiger partial charge in [-0.3, -0.25) is 4.79 Å². The van der Waals surface area contributed by atoms with E-state index in [0.29, 0.717) is 6.42 Å². The fourth-order valence-corrected chi connectivity index (χ4v) is 0.818. The van der Waals surface area contributed by atoms with E-state index in [2.05, 4.69) is 5.32 Å². The Kier molecular flexibility index (Phi) is 5.78. The summed E-state index contributed by atoms with van der Waals surface area (Å²) in [7, 11) is 1.82. The Bertz CT molecular complexity index is 116. The molecule has 0 radical (unpaired) electrons. The molecule has 4 heteroatoms. The second-order valence-electron chi connectivity index (χ2n) is 2.50. The number of hydrogen-bond acceptors (Lipinski definition) is 3. The predicted octanol–water partition coefficient (Wildman–Crippen LogP) is -0.178. The van der Waals surface area contributed by atoms with Crippen molar-refractivity contribution in [2.45, 2.75) is 25.4 Å². The van der Waals surface area contributed by atoms with Gasteiger partial charge in [0.05, 0.1) is 12.5 Å². The van der Waals surface area contributed by atoms with Gasteiger partial charge < -0.3 is 15.5 Å². The molecule has 0 saturated carbocycles. The van der Waals surface area contributed by atoms with Crippen molar-refractivity contribution in [2.75, 3.05) is 13.6 Å². The van der Waals surface area contributed by atoms with Gasteiger partial charge >= 0.3 is 5.97 Å². The van der Waals surface area contributed by atoms with Crippen LogP contribution in [0.4, 0.5) is 0 Å². The Morgan fingerprint density at radius 1 is 1.64 bits per heavy atom. The normalized spacial score (nSPS) is 12.9. The van der Waals surface area contributed by atoms with E-state index >= 15 is 0 Å². The number of rotatable bonds is 6. The minimum atomic E-state index is -0.943. The van der Waals surface area contributed by atoms with Crippen LogP contribution >= 0.6 is 0 Å². The summed E-state index contributed by atoms with van der Waals surface area (Å²) in [5.41, 5.74) is 0. The van der Waals surface area contributed by atoms with Crippen LogP contribution in [0.2, 0.25) is 0 Å². The van der Waals surface area contributed by atoms with Crippen molar-refractivity contribution in [3.8, 4) is 0 Å². The second kappa shape index (κ2) is 6.12. The fourth-order valence-electron chi connectivity index (χ4n) is 0.818. The lowest BCUT2D eigenvalue weighted by Gasteiger charge is -2.06. The molecule has 0 aromatic rings. The van der Waals surface area contributed by atoms with Gasteiger partial charge in [0, 0.05) is 0 Å². The molecule has 11 heavy (non-hydrogen) atoms. The maximum atomic E-state index is 10.1. The van der Waals surface area contributed by atoms with Gasteiger partial charge in [-0.05, 0) is 26.4 Å². The maximum Gasteiger partial charge on any atom is 0.305 e. The molecule has 0 rings (SSSR count). The number of carbonyl (C=O) groups is 1.